The summed E-state index contributed by atoms with van der Waals surface area (Å²) in [5, 5.41) is 14.0. The molecule has 0 amide bonds. The highest BCUT2D eigenvalue weighted by Crippen LogP contribution is 2.45. The molecule has 2 heterocycles. The molecule has 1 fully saturated rings. The molecule has 2 aromatic carbocycles. The maximum Gasteiger partial charge on any atom is 0.269 e. The molecular formula is C17H16N2O5S. The highest BCUT2D eigenvalue weighted by molar-refractivity contribution is 7.91. The van der Waals surface area contributed by atoms with Gasteiger partial charge in [0, 0.05) is 30.2 Å². The Kier molecular flexibility index (Phi) is 3.73. The van der Waals surface area contributed by atoms with Gasteiger partial charge in [-0.15, -0.1) is 0 Å². The molecule has 2 aliphatic rings. The van der Waals surface area contributed by atoms with E-state index in [-0.39, 0.29) is 27.5 Å². The fraction of sp³-hybridized carbons (Fsp3) is 0.294. The highest BCUT2D eigenvalue weighted by Gasteiger charge is 2.39. The number of non-ortho nitro benzene ring substituents is 1. The van der Waals surface area contributed by atoms with Gasteiger partial charge in [0.1, 0.15) is 16.7 Å². The third-order valence-electron chi connectivity index (χ3n) is 4.75. The second kappa shape index (κ2) is 5.82. The molecular weight excluding hydrogens is 344 g/mol. The van der Waals surface area contributed by atoms with E-state index >= 15 is 0 Å². The number of benzene rings is 2. The molecule has 2 aromatic rings. The maximum absolute atomic E-state index is 13.0. The molecule has 2 atom stereocenters. The van der Waals surface area contributed by atoms with Crippen molar-refractivity contribution in [2.45, 2.75) is 28.2 Å². The van der Waals surface area contributed by atoms with Crippen molar-refractivity contribution >= 4 is 15.5 Å². The molecule has 7 nitrogen and oxygen atoms in total. The van der Waals surface area contributed by atoms with E-state index < -0.39 is 14.8 Å². The van der Waals surface area contributed by atoms with E-state index in [0.29, 0.717) is 12.3 Å². The van der Waals surface area contributed by atoms with Crippen LogP contribution in [-0.2, 0) is 9.84 Å². The highest BCUT2D eigenvalue weighted by atomic mass is 32.2. The Morgan fingerprint density at radius 2 is 1.92 bits per heavy atom. The smallest absolute Gasteiger partial charge is 0.269 e. The molecule has 8 heteroatoms. The molecule has 25 heavy (non-hydrogen) atoms. The lowest BCUT2D eigenvalue weighted by Gasteiger charge is -2.24. The SMILES string of the molecule is O=[N+]([O-])c1ccc(S(=O)(=O)c2cccc3c2OC2CNCCC32)cc1. The van der Waals surface area contributed by atoms with Crippen LogP contribution in [-0.4, -0.2) is 32.5 Å². The summed E-state index contributed by atoms with van der Waals surface area (Å²) in [5.74, 6) is 0.614. The number of hydrogen-bond donors (Lipinski definition) is 1. The lowest BCUT2D eigenvalue weighted by Crippen LogP contribution is -2.39. The fourth-order valence-electron chi connectivity index (χ4n) is 3.50. The third kappa shape index (κ3) is 2.58. The van der Waals surface area contributed by atoms with Crippen LogP contribution in [0, 0.1) is 10.1 Å². The van der Waals surface area contributed by atoms with Crippen LogP contribution >= 0.6 is 0 Å². The van der Waals surface area contributed by atoms with E-state index in [4.69, 9.17) is 4.74 Å². The Morgan fingerprint density at radius 1 is 1.16 bits per heavy atom. The van der Waals surface area contributed by atoms with Crippen LogP contribution in [0.1, 0.15) is 17.9 Å². The van der Waals surface area contributed by atoms with Crippen molar-refractivity contribution in [3.05, 3.63) is 58.1 Å². The van der Waals surface area contributed by atoms with E-state index in [1.54, 1.807) is 6.07 Å². The summed E-state index contributed by atoms with van der Waals surface area (Å²) < 4.78 is 32.0. The lowest BCUT2D eigenvalue weighted by molar-refractivity contribution is -0.384. The number of nitrogens with zero attached hydrogens (tertiary/aromatic N) is 1. The van der Waals surface area contributed by atoms with Gasteiger partial charge in [-0.3, -0.25) is 10.1 Å². The van der Waals surface area contributed by atoms with Crippen LogP contribution in [0.15, 0.2) is 52.3 Å². The van der Waals surface area contributed by atoms with E-state index in [0.717, 1.165) is 18.5 Å². The zero-order chi connectivity index (χ0) is 17.6. The molecule has 130 valence electrons. The zero-order valence-corrected chi connectivity index (χ0v) is 14.0. The average molecular weight is 360 g/mol. The second-order valence-electron chi connectivity index (χ2n) is 6.18. The fourth-order valence-corrected chi connectivity index (χ4v) is 4.91. The van der Waals surface area contributed by atoms with Gasteiger partial charge < -0.3 is 10.1 Å². The average Bonchev–Trinajstić information content (AvgIpc) is 3.00. The monoisotopic (exact) mass is 360 g/mol. The molecule has 0 radical (unpaired) electrons. The summed E-state index contributed by atoms with van der Waals surface area (Å²) in [5.41, 5.74) is 0.778. The molecule has 2 unspecified atom stereocenters. The molecule has 1 saturated heterocycles. The number of rotatable bonds is 3. The summed E-state index contributed by atoms with van der Waals surface area (Å²) in [4.78, 5) is 10.3. The van der Waals surface area contributed by atoms with Crippen molar-refractivity contribution in [1.29, 1.82) is 0 Å². The molecule has 2 aliphatic heterocycles. The van der Waals surface area contributed by atoms with Crippen molar-refractivity contribution in [1.82, 2.24) is 5.32 Å². The Balaban J connectivity index is 1.77. The van der Waals surface area contributed by atoms with Gasteiger partial charge in [-0.25, -0.2) is 8.42 Å². The Hall–Kier alpha value is -2.45. The number of hydrogen-bond acceptors (Lipinski definition) is 6. The minimum atomic E-state index is -3.82. The normalized spacial score (nSPS) is 21.9. The predicted octanol–water partition coefficient (Wildman–Crippen LogP) is 2.27. The van der Waals surface area contributed by atoms with Crippen LogP contribution < -0.4 is 10.1 Å². The molecule has 1 N–H and O–H groups in total. The summed E-state index contributed by atoms with van der Waals surface area (Å²) >= 11 is 0. The van der Waals surface area contributed by atoms with Crippen LogP contribution in [0.4, 0.5) is 5.69 Å². The number of sulfone groups is 1. The van der Waals surface area contributed by atoms with Gasteiger partial charge >= 0.3 is 0 Å². The zero-order valence-electron chi connectivity index (χ0n) is 13.2. The van der Waals surface area contributed by atoms with Crippen molar-refractivity contribution in [2.24, 2.45) is 0 Å². The topological polar surface area (TPSA) is 98.5 Å². The van der Waals surface area contributed by atoms with Gasteiger partial charge in [-0.1, -0.05) is 12.1 Å². The van der Waals surface area contributed by atoms with Crippen molar-refractivity contribution < 1.29 is 18.1 Å². The number of nitro groups is 1. The van der Waals surface area contributed by atoms with Crippen molar-refractivity contribution in [3.8, 4) is 5.75 Å². The number of nitrogens with one attached hydrogen (secondary N) is 1. The van der Waals surface area contributed by atoms with Gasteiger partial charge in [-0.05, 0) is 31.2 Å². The first-order chi connectivity index (χ1) is 12.0. The van der Waals surface area contributed by atoms with E-state index in [1.165, 1.54) is 30.3 Å². The summed E-state index contributed by atoms with van der Waals surface area (Å²) in [7, 11) is -3.82. The molecule has 4 rings (SSSR count). The minimum absolute atomic E-state index is 0.0168. The summed E-state index contributed by atoms with van der Waals surface area (Å²) in [6.45, 7) is 1.57. The van der Waals surface area contributed by atoms with Crippen LogP contribution in [0.25, 0.3) is 0 Å². The van der Waals surface area contributed by atoms with Crippen LogP contribution in [0.3, 0.4) is 0 Å². The van der Waals surface area contributed by atoms with E-state index in [1.807, 2.05) is 6.07 Å². The maximum atomic E-state index is 13.0. The Bertz CT molecular complexity index is 940. The lowest BCUT2D eigenvalue weighted by atomic mass is 9.90. The molecule has 0 aliphatic carbocycles. The number of para-hydroxylation sites is 1. The number of nitro benzene ring substituents is 1. The quantitative estimate of drug-likeness (QED) is 0.666. The molecule has 0 bridgehead atoms. The number of piperidine rings is 1. The van der Waals surface area contributed by atoms with Crippen LogP contribution in [0.2, 0.25) is 0 Å². The first-order valence-corrected chi connectivity index (χ1v) is 9.46. The van der Waals surface area contributed by atoms with Crippen molar-refractivity contribution in [2.75, 3.05) is 13.1 Å². The number of ether oxygens (including phenoxy) is 1. The standard InChI is InChI=1S/C17H16N2O5S/c20-19(21)11-4-6-12(7-5-11)25(22,23)16-3-1-2-14-13-8-9-18-10-15(13)24-17(14)16/h1-7,13,15,18H,8-10H2. The Morgan fingerprint density at radius 3 is 2.64 bits per heavy atom. The summed E-state index contributed by atoms with van der Waals surface area (Å²) in [6, 6.07) is 10.1. The first-order valence-electron chi connectivity index (χ1n) is 7.98. The predicted molar refractivity (Wildman–Crippen MR) is 89.6 cm³/mol. The van der Waals surface area contributed by atoms with Crippen LogP contribution in [0.5, 0.6) is 5.75 Å². The van der Waals surface area contributed by atoms with Crippen molar-refractivity contribution in [3.63, 3.8) is 0 Å². The largest absolute Gasteiger partial charge is 0.487 e. The van der Waals surface area contributed by atoms with Gasteiger partial charge in [0.2, 0.25) is 9.84 Å². The molecule has 0 aromatic heterocycles. The number of fused-ring (bicyclic) bond motifs is 3. The van der Waals surface area contributed by atoms with Gasteiger partial charge in [0.15, 0.2) is 0 Å². The first kappa shape index (κ1) is 16.0. The van der Waals surface area contributed by atoms with Gasteiger partial charge in [-0.2, -0.15) is 0 Å². The van der Waals surface area contributed by atoms with Gasteiger partial charge in [0.05, 0.1) is 9.82 Å². The van der Waals surface area contributed by atoms with E-state index in [9.17, 15) is 18.5 Å². The van der Waals surface area contributed by atoms with E-state index in [2.05, 4.69) is 5.32 Å². The Labute approximate surface area is 144 Å². The summed E-state index contributed by atoms with van der Waals surface area (Å²) in [6.07, 6.45) is 0.843. The molecule has 0 saturated carbocycles. The molecule has 0 spiro atoms. The second-order valence-corrected chi connectivity index (χ2v) is 8.10. The minimum Gasteiger partial charge on any atom is -0.487 e. The van der Waals surface area contributed by atoms with Gasteiger partial charge in [0.25, 0.3) is 5.69 Å². The third-order valence-corrected chi connectivity index (χ3v) is 6.55.